The average Bonchev–Trinajstić information content (AvgIpc) is 3.42. The summed E-state index contributed by atoms with van der Waals surface area (Å²) in [6, 6.07) is 16.0. The van der Waals surface area contributed by atoms with Crippen molar-refractivity contribution in [1.82, 2.24) is 20.0 Å². The van der Waals surface area contributed by atoms with Gasteiger partial charge in [-0.2, -0.15) is 0 Å². The number of anilines is 1. The molecule has 0 saturated carbocycles. The molecule has 3 heterocycles. The number of pyridine rings is 1. The Kier molecular flexibility index (Phi) is 5.51. The third-order valence-corrected chi connectivity index (χ3v) is 6.02. The first-order chi connectivity index (χ1) is 16.0. The minimum Gasteiger partial charge on any atom is -0.496 e. The zero-order valence-electron chi connectivity index (χ0n) is 18.4. The lowest BCUT2D eigenvalue weighted by atomic mass is 10.0. The Labute approximate surface area is 190 Å². The van der Waals surface area contributed by atoms with Crippen LogP contribution in [0.15, 0.2) is 60.8 Å². The van der Waals surface area contributed by atoms with Gasteiger partial charge < -0.3 is 15.2 Å². The molecule has 1 aliphatic heterocycles. The highest BCUT2D eigenvalue weighted by atomic mass is 19.1. The van der Waals surface area contributed by atoms with Gasteiger partial charge in [0.25, 0.3) is 0 Å². The zero-order chi connectivity index (χ0) is 22.9. The van der Waals surface area contributed by atoms with E-state index in [4.69, 9.17) is 4.74 Å². The summed E-state index contributed by atoms with van der Waals surface area (Å²) in [4.78, 5) is 4.24. The summed E-state index contributed by atoms with van der Waals surface area (Å²) >= 11 is 0. The van der Waals surface area contributed by atoms with E-state index in [1.54, 1.807) is 25.4 Å². The van der Waals surface area contributed by atoms with E-state index in [0.717, 1.165) is 40.9 Å². The van der Waals surface area contributed by atoms with E-state index in [2.05, 4.69) is 20.6 Å². The largest absolute Gasteiger partial charge is 0.496 e. The molecule has 5 rings (SSSR count). The maximum atomic E-state index is 13.3. The number of methoxy groups -OCH3 is 1. The number of aryl methyl sites for hydroxylation is 1. The van der Waals surface area contributed by atoms with Gasteiger partial charge in [-0.25, -0.2) is 9.07 Å². The Morgan fingerprint density at radius 2 is 1.97 bits per heavy atom. The van der Waals surface area contributed by atoms with E-state index in [1.165, 1.54) is 12.1 Å². The fraction of sp³-hybridized carbons (Fsp3) is 0.240. The van der Waals surface area contributed by atoms with E-state index in [9.17, 15) is 9.50 Å². The van der Waals surface area contributed by atoms with Crippen molar-refractivity contribution in [2.24, 2.45) is 0 Å². The highest BCUT2D eigenvalue weighted by molar-refractivity contribution is 5.71. The van der Waals surface area contributed by atoms with Crippen molar-refractivity contribution < 1.29 is 14.2 Å². The van der Waals surface area contributed by atoms with E-state index in [0.29, 0.717) is 17.1 Å². The molecular weight excluding hydrogens is 421 g/mol. The van der Waals surface area contributed by atoms with Crippen LogP contribution in [-0.2, 0) is 6.42 Å². The summed E-state index contributed by atoms with van der Waals surface area (Å²) in [7, 11) is 1.61. The van der Waals surface area contributed by atoms with E-state index in [-0.39, 0.29) is 11.9 Å². The first-order valence-electron chi connectivity index (χ1n) is 10.8. The van der Waals surface area contributed by atoms with E-state index >= 15 is 0 Å². The molecule has 2 unspecified atom stereocenters. The molecule has 2 atom stereocenters. The molecule has 33 heavy (non-hydrogen) atoms. The summed E-state index contributed by atoms with van der Waals surface area (Å²) in [5, 5.41) is 22.5. The van der Waals surface area contributed by atoms with Crippen LogP contribution in [0.2, 0.25) is 0 Å². The quantitative estimate of drug-likeness (QED) is 0.427. The van der Waals surface area contributed by atoms with Crippen LogP contribution in [-0.4, -0.2) is 32.2 Å². The second-order valence-electron chi connectivity index (χ2n) is 8.13. The molecule has 2 N–H and O–H groups in total. The molecule has 2 aromatic carbocycles. The number of benzene rings is 2. The molecule has 0 amide bonds. The number of rotatable bonds is 6. The number of fused-ring (bicyclic) bond motifs is 1. The van der Waals surface area contributed by atoms with Crippen molar-refractivity contribution in [3.63, 3.8) is 0 Å². The molecule has 4 aromatic rings. The number of hydrogen-bond acceptors (Lipinski definition) is 6. The molecule has 0 bridgehead atoms. The van der Waals surface area contributed by atoms with Crippen LogP contribution < -0.4 is 10.1 Å². The number of aromatic nitrogens is 4. The average molecular weight is 445 g/mol. The highest BCUT2D eigenvalue weighted by Crippen LogP contribution is 2.36. The molecule has 2 aromatic heterocycles. The Balaban J connectivity index is 1.37. The molecular formula is C25H24FN5O2. The van der Waals surface area contributed by atoms with Gasteiger partial charge in [0.05, 0.1) is 18.8 Å². The van der Waals surface area contributed by atoms with Gasteiger partial charge in [-0.3, -0.25) is 4.98 Å². The molecule has 0 saturated heterocycles. The molecule has 0 fully saturated rings. The van der Waals surface area contributed by atoms with Gasteiger partial charge in [-0.1, -0.05) is 29.5 Å². The van der Waals surface area contributed by atoms with Crippen LogP contribution in [0.25, 0.3) is 11.1 Å². The van der Waals surface area contributed by atoms with Crippen molar-refractivity contribution in [3.8, 4) is 16.9 Å². The van der Waals surface area contributed by atoms with Crippen LogP contribution >= 0.6 is 0 Å². The minimum absolute atomic E-state index is 0.00369. The van der Waals surface area contributed by atoms with E-state index in [1.807, 2.05) is 41.9 Å². The molecule has 7 nitrogen and oxygen atoms in total. The number of ether oxygens (including phenoxy) is 1. The lowest BCUT2D eigenvalue weighted by Gasteiger charge is -2.16. The maximum Gasteiger partial charge on any atom is 0.174 e. The topological polar surface area (TPSA) is 85.1 Å². The fourth-order valence-corrected chi connectivity index (χ4v) is 4.34. The summed E-state index contributed by atoms with van der Waals surface area (Å²) < 4.78 is 20.7. The zero-order valence-corrected chi connectivity index (χ0v) is 18.4. The first-order valence-corrected chi connectivity index (χ1v) is 10.8. The third-order valence-electron chi connectivity index (χ3n) is 6.02. The second-order valence-corrected chi connectivity index (χ2v) is 8.13. The molecule has 1 aliphatic rings. The van der Waals surface area contributed by atoms with Crippen molar-refractivity contribution in [2.45, 2.75) is 32.0 Å². The van der Waals surface area contributed by atoms with Crippen LogP contribution in [0.5, 0.6) is 5.75 Å². The Bertz CT molecular complexity index is 1290. The first kappa shape index (κ1) is 21.1. The van der Waals surface area contributed by atoms with Gasteiger partial charge in [0.1, 0.15) is 11.6 Å². The Hall–Kier alpha value is -3.78. The smallest absolute Gasteiger partial charge is 0.174 e. The maximum absolute atomic E-state index is 13.3. The number of halogens is 1. The van der Waals surface area contributed by atoms with E-state index < -0.39 is 6.23 Å². The van der Waals surface area contributed by atoms with Crippen molar-refractivity contribution in [1.29, 1.82) is 0 Å². The van der Waals surface area contributed by atoms with Crippen molar-refractivity contribution in [2.75, 3.05) is 12.4 Å². The van der Waals surface area contributed by atoms with Gasteiger partial charge in [0.15, 0.2) is 12.0 Å². The van der Waals surface area contributed by atoms with Gasteiger partial charge in [-0.05, 0) is 61.2 Å². The van der Waals surface area contributed by atoms with Crippen molar-refractivity contribution in [3.05, 3.63) is 89.1 Å². The fourth-order valence-electron chi connectivity index (χ4n) is 4.34. The van der Waals surface area contributed by atoms with Crippen LogP contribution in [0, 0.1) is 12.7 Å². The molecule has 168 valence electrons. The lowest BCUT2D eigenvalue weighted by molar-refractivity contribution is 0.207. The molecule has 0 aliphatic carbocycles. The number of nitrogens with one attached hydrogen (secondary N) is 1. The highest BCUT2D eigenvalue weighted by Gasteiger charge is 2.29. The molecule has 0 radical (unpaired) electrons. The van der Waals surface area contributed by atoms with Gasteiger partial charge in [-0.15, -0.1) is 5.10 Å². The normalized spacial score (nSPS) is 15.8. The van der Waals surface area contributed by atoms with Gasteiger partial charge in [0.2, 0.25) is 0 Å². The monoisotopic (exact) mass is 445 g/mol. The summed E-state index contributed by atoms with van der Waals surface area (Å²) in [5.74, 6) is 0.935. The Morgan fingerprint density at radius 3 is 2.73 bits per heavy atom. The van der Waals surface area contributed by atoms with Crippen LogP contribution in [0.3, 0.4) is 0 Å². The summed E-state index contributed by atoms with van der Waals surface area (Å²) in [5.41, 5.74) is 5.39. The summed E-state index contributed by atoms with van der Waals surface area (Å²) in [6.45, 7) is 1.94. The van der Waals surface area contributed by atoms with Crippen molar-refractivity contribution >= 4 is 5.82 Å². The van der Waals surface area contributed by atoms with Crippen LogP contribution in [0.1, 0.15) is 41.2 Å². The second kappa shape index (κ2) is 8.63. The standard InChI is InChI=1S/C25H24FN5O2/c1-15-13-17(11-12-27-15)20-8-5-18(14-23(20)33-2)25(32)28-24-22-10-9-21(31(22)30-29-24)16-3-6-19(26)7-4-16/h3-8,11-14,21,25,28,32H,9-10H2,1-2H3. The number of aliphatic hydroxyl groups is 1. The number of nitrogens with zero attached hydrogens (tertiary/aromatic N) is 4. The predicted octanol–water partition coefficient (Wildman–Crippen LogP) is 4.43. The number of hydrogen-bond donors (Lipinski definition) is 2. The molecule has 0 spiro atoms. The number of aliphatic hydroxyl groups excluding tert-OH is 1. The summed E-state index contributed by atoms with van der Waals surface area (Å²) in [6.07, 6.45) is 2.38. The molecule has 8 heteroatoms. The van der Waals surface area contributed by atoms with Crippen LogP contribution in [0.4, 0.5) is 10.2 Å². The predicted molar refractivity (Wildman–Crippen MR) is 122 cm³/mol. The Morgan fingerprint density at radius 1 is 1.15 bits per heavy atom. The van der Waals surface area contributed by atoms with Gasteiger partial charge >= 0.3 is 0 Å². The lowest BCUT2D eigenvalue weighted by Crippen LogP contribution is -2.11. The third kappa shape index (κ3) is 4.05. The van der Waals surface area contributed by atoms with Gasteiger partial charge in [0, 0.05) is 23.0 Å². The SMILES string of the molecule is COc1cc(C(O)Nc2nnn3c2CCC3c2ccc(F)cc2)ccc1-c1ccnc(C)c1. The minimum atomic E-state index is -0.988.